The highest BCUT2D eigenvalue weighted by Crippen LogP contribution is 2.19. The van der Waals surface area contributed by atoms with Gasteiger partial charge >= 0.3 is 0 Å². The SMILES string of the molecule is COCCNCCNC(=O)c1cc(NC(=O)C(C)(C)C)ccc1F. The molecule has 2 amide bonds. The van der Waals surface area contributed by atoms with Crippen LogP contribution in [0.15, 0.2) is 18.2 Å². The Balaban J connectivity index is 2.62. The highest BCUT2D eigenvalue weighted by atomic mass is 19.1. The van der Waals surface area contributed by atoms with Crippen molar-refractivity contribution in [3.63, 3.8) is 0 Å². The molecule has 0 saturated heterocycles. The van der Waals surface area contributed by atoms with Gasteiger partial charge in [0.15, 0.2) is 0 Å². The van der Waals surface area contributed by atoms with Gasteiger partial charge in [-0.15, -0.1) is 0 Å². The van der Waals surface area contributed by atoms with E-state index in [1.165, 1.54) is 18.2 Å². The van der Waals surface area contributed by atoms with Gasteiger partial charge in [0.2, 0.25) is 5.91 Å². The monoisotopic (exact) mass is 339 g/mol. The Labute approximate surface area is 142 Å². The first-order chi connectivity index (χ1) is 11.3. The minimum Gasteiger partial charge on any atom is -0.383 e. The second kappa shape index (κ2) is 9.34. The summed E-state index contributed by atoms with van der Waals surface area (Å²) in [6, 6.07) is 3.94. The van der Waals surface area contributed by atoms with E-state index in [0.717, 1.165) is 0 Å². The van der Waals surface area contributed by atoms with Crippen LogP contribution in [0.3, 0.4) is 0 Å². The van der Waals surface area contributed by atoms with E-state index in [-0.39, 0.29) is 11.5 Å². The molecular weight excluding hydrogens is 313 g/mol. The first-order valence-electron chi connectivity index (χ1n) is 7.84. The van der Waals surface area contributed by atoms with E-state index < -0.39 is 17.1 Å². The number of carbonyl (C=O) groups is 2. The molecule has 0 bridgehead atoms. The summed E-state index contributed by atoms with van der Waals surface area (Å²) in [7, 11) is 1.61. The second-order valence-electron chi connectivity index (χ2n) is 6.40. The van der Waals surface area contributed by atoms with Gasteiger partial charge in [0, 0.05) is 37.8 Å². The van der Waals surface area contributed by atoms with Crippen LogP contribution in [0.1, 0.15) is 31.1 Å². The maximum atomic E-state index is 13.9. The van der Waals surface area contributed by atoms with Crippen LogP contribution in [0.4, 0.5) is 10.1 Å². The van der Waals surface area contributed by atoms with Crippen LogP contribution < -0.4 is 16.0 Å². The minimum atomic E-state index is -0.631. The average molecular weight is 339 g/mol. The van der Waals surface area contributed by atoms with Crippen LogP contribution in [-0.4, -0.2) is 45.2 Å². The number of anilines is 1. The van der Waals surface area contributed by atoms with Crippen molar-refractivity contribution in [3.8, 4) is 0 Å². The summed E-state index contributed by atoms with van der Waals surface area (Å²) in [6.45, 7) is 7.49. The Hall–Kier alpha value is -1.99. The van der Waals surface area contributed by atoms with Gasteiger partial charge in [-0.3, -0.25) is 9.59 Å². The van der Waals surface area contributed by atoms with E-state index in [1.807, 2.05) is 0 Å². The zero-order valence-corrected chi connectivity index (χ0v) is 14.7. The quantitative estimate of drug-likeness (QED) is 0.631. The highest BCUT2D eigenvalue weighted by Gasteiger charge is 2.22. The fourth-order valence-electron chi connectivity index (χ4n) is 1.75. The predicted molar refractivity (Wildman–Crippen MR) is 91.6 cm³/mol. The van der Waals surface area contributed by atoms with Crippen LogP contribution in [-0.2, 0) is 9.53 Å². The zero-order valence-electron chi connectivity index (χ0n) is 14.7. The Morgan fingerprint density at radius 2 is 1.88 bits per heavy atom. The van der Waals surface area contributed by atoms with E-state index in [0.29, 0.717) is 31.9 Å². The van der Waals surface area contributed by atoms with Crippen LogP contribution in [0, 0.1) is 11.2 Å². The lowest BCUT2D eigenvalue weighted by atomic mass is 9.95. The predicted octanol–water partition coefficient (Wildman–Crippen LogP) is 1.78. The third kappa shape index (κ3) is 6.64. The van der Waals surface area contributed by atoms with Crippen LogP contribution >= 0.6 is 0 Å². The molecular formula is C17H26FN3O3. The number of hydrogen-bond acceptors (Lipinski definition) is 4. The lowest BCUT2D eigenvalue weighted by Gasteiger charge is -2.18. The third-order valence-electron chi connectivity index (χ3n) is 3.22. The third-order valence-corrected chi connectivity index (χ3v) is 3.22. The Morgan fingerprint density at radius 3 is 2.50 bits per heavy atom. The molecule has 0 fully saturated rings. The molecule has 134 valence electrons. The number of halogens is 1. The highest BCUT2D eigenvalue weighted by molar-refractivity contribution is 5.98. The summed E-state index contributed by atoms with van der Waals surface area (Å²) in [5.41, 5.74) is -0.289. The number of ether oxygens (including phenoxy) is 1. The molecule has 6 nitrogen and oxygen atoms in total. The van der Waals surface area contributed by atoms with E-state index >= 15 is 0 Å². The molecule has 0 atom stereocenters. The largest absolute Gasteiger partial charge is 0.383 e. The van der Waals surface area contributed by atoms with E-state index in [4.69, 9.17) is 4.74 Å². The summed E-state index contributed by atoms with van der Waals surface area (Å²) in [5, 5.41) is 8.39. The summed E-state index contributed by atoms with van der Waals surface area (Å²) >= 11 is 0. The average Bonchev–Trinajstić information content (AvgIpc) is 2.51. The Bertz CT molecular complexity index is 571. The molecule has 1 aromatic carbocycles. The maximum absolute atomic E-state index is 13.9. The number of carbonyl (C=O) groups excluding carboxylic acids is 2. The molecule has 0 aliphatic rings. The Morgan fingerprint density at radius 1 is 1.17 bits per heavy atom. The van der Waals surface area contributed by atoms with Crippen molar-refractivity contribution in [2.75, 3.05) is 38.7 Å². The van der Waals surface area contributed by atoms with Crippen molar-refractivity contribution in [2.45, 2.75) is 20.8 Å². The minimum absolute atomic E-state index is 0.0985. The normalized spacial score (nSPS) is 11.2. The van der Waals surface area contributed by atoms with Crippen molar-refractivity contribution in [1.82, 2.24) is 10.6 Å². The molecule has 0 aromatic heterocycles. The molecule has 0 aliphatic heterocycles. The van der Waals surface area contributed by atoms with Crippen molar-refractivity contribution >= 4 is 17.5 Å². The number of benzene rings is 1. The number of amides is 2. The molecule has 0 heterocycles. The maximum Gasteiger partial charge on any atom is 0.254 e. The molecule has 7 heteroatoms. The molecule has 0 saturated carbocycles. The van der Waals surface area contributed by atoms with Crippen molar-refractivity contribution in [1.29, 1.82) is 0 Å². The lowest BCUT2D eigenvalue weighted by Crippen LogP contribution is -2.33. The van der Waals surface area contributed by atoms with Gasteiger partial charge in [-0.25, -0.2) is 4.39 Å². The molecule has 0 unspecified atom stereocenters. The number of nitrogens with one attached hydrogen (secondary N) is 3. The summed E-state index contributed by atoms with van der Waals surface area (Å²) in [6.07, 6.45) is 0. The van der Waals surface area contributed by atoms with E-state index in [9.17, 15) is 14.0 Å². The Kier molecular flexibility index (Phi) is 7.81. The molecule has 0 aliphatic carbocycles. The fraction of sp³-hybridized carbons (Fsp3) is 0.529. The molecule has 0 radical (unpaired) electrons. The van der Waals surface area contributed by atoms with Gasteiger partial charge in [0.05, 0.1) is 12.2 Å². The van der Waals surface area contributed by atoms with Crippen LogP contribution in [0.25, 0.3) is 0 Å². The first kappa shape index (κ1) is 20.1. The zero-order chi connectivity index (χ0) is 18.2. The summed E-state index contributed by atoms with van der Waals surface area (Å²) in [4.78, 5) is 24.0. The van der Waals surface area contributed by atoms with Gasteiger partial charge in [0.25, 0.3) is 5.91 Å². The van der Waals surface area contributed by atoms with Gasteiger partial charge in [0.1, 0.15) is 5.82 Å². The van der Waals surface area contributed by atoms with Gasteiger partial charge in [-0.05, 0) is 18.2 Å². The molecule has 1 rings (SSSR count). The van der Waals surface area contributed by atoms with Crippen LogP contribution in [0.2, 0.25) is 0 Å². The number of methoxy groups -OCH3 is 1. The van der Waals surface area contributed by atoms with Crippen molar-refractivity contribution in [2.24, 2.45) is 5.41 Å². The summed E-state index contributed by atoms with van der Waals surface area (Å²) in [5.74, 6) is -1.36. The molecule has 24 heavy (non-hydrogen) atoms. The lowest BCUT2D eigenvalue weighted by molar-refractivity contribution is -0.123. The molecule has 0 spiro atoms. The van der Waals surface area contributed by atoms with Gasteiger partial charge in [-0.1, -0.05) is 20.8 Å². The van der Waals surface area contributed by atoms with Crippen molar-refractivity contribution < 1.29 is 18.7 Å². The summed E-state index contributed by atoms with van der Waals surface area (Å²) < 4.78 is 18.8. The van der Waals surface area contributed by atoms with E-state index in [1.54, 1.807) is 27.9 Å². The van der Waals surface area contributed by atoms with Gasteiger partial charge in [-0.2, -0.15) is 0 Å². The van der Waals surface area contributed by atoms with Gasteiger partial charge < -0.3 is 20.7 Å². The second-order valence-corrected chi connectivity index (χ2v) is 6.40. The first-order valence-corrected chi connectivity index (χ1v) is 7.84. The molecule has 1 aromatic rings. The number of hydrogen-bond donors (Lipinski definition) is 3. The smallest absolute Gasteiger partial charge is 0.254 e. The standard InChI is InChI=1S/C17H26FN3O3/c1-17(2,3)16(23)21-12-5-6-14(18)13(11-12)15(22)20-8-7-19-9-10-24-4/h5-6,11,19H,7-10H2,1-4H3,(H,20,22)(H,21,23). The van der Waals surface area contributed by atoms with Crippen molar-refractivity contribution in [3.05, 3.63) is 29.6 Å². The molecule has 3 N–H and O–H groups in total. The number of rotatable bonds is 8. The van der Waals surface area contributed by atoms with E-state index in [2.05, 4.69) is 16.0 Å². The topological polar surface area (TPSA) is 79.5 Å². The van der Waals surface area contributed by atoms with Crippen LogP contribution in [0.5, 0.6) is 0 Å². The fourth-order valence-corrected chi connectivity index (χ4v) is 1.75.